The Morgan fingerprint density at radius 1 is 1.40 bits per heavy atom. The maximum absolute atomic E-state index is 11.6. The predicted molar refractivity (Wildman–Crippen MR) is 60.4 cm³/mol. The highest BCUT2D eigenvalue weighted by Crippen LogP contribution is 2.26. The molecule has 0 radical (unpaired) electrons. The number of carbonyl (C=O) groups is 1. The van der Waals surface area contributed by atoms with Crippen LogP contribution in [0.25, 0.3) is 0 Å². The number of amides is 1. The van der Waals surface area contributed by atoms with Gasteiger partial charge in [0.15, 0.2) is 0 Å². The monoisotopic (exact) mass is 203 g/mol. The topological polar surface area (TPSA) is 29.1 Å². The van der Waals surface area contributed by atoms with Crippen molar-refractivity contribution in [2.24, 2.45) is 5.92 Å². The third kappa shape index (κ3) is 2.38. The summed E-state index contributed by atoms with van der Waals surface area (Å²) < 4.78 is 0. The Morgan fingerprint density at radius 2 is 2.13 bits per heavy atom. The van der Waals surface area contributed by atoms with Crippen molar-refractivity contribution in [3.8, 4) is 0 Å². The zero-order valence-electron chi connectivity index (χ0n) is 9.12. The van der Waals surface area contributed by atoms with Gasteiger partial charge in [-0.2, -0.15) is 0 Å². The molecule has 0 spiro atoms. The Bertz CT molecular complexity index is 355. The van der Waals surface area contributed by atoms with E-state index in [1.165, 1.54) is 17.5 Å². The first-order chi connectivity index (χ1) is 7.27. The fraction of sp³-hybridized carbons (Fsp3) is 0.462. The van der Waals surface area contributed by atoms with E-state index < -0.39 is 0 Å². The van der Waals surface area contributed by atoms with Crippen LogP contribution < -0.4 is 5.32 Å². The molecule has 0 aliphatic heterocycles. The van der Waals surface area contributed by atoms with Crippen LogP contribution in [0.15, 0.2) is 24.3 Å². The largest absolute Gasteiger partial charge is 0.352 e. The average molecular weight is 203 g/mol. The fourth-order valence-electron chi connectivity index (χ4n) is 1.81. The second-order valence-corrected chi connectivity index (χ2v) is 4.27. The predicted octanol–water partition coefficient (Wildman–Crippen LogP) is 2.41. The zero-order chi connectivity index (χ0) is 10.7. The van der Waals surface area contributed by atoms with E-state index in [1.54, 1.807) is 0 Å². The molecule has 1 aromatic rings. The summed E-state index contributed by atoms with van der Waals surface area (Å²) in [5.74, 6) is 0.513. The molecule has 0 unspecified atom stereocenters. The van der Waals surface area contributed by atoms with Crippen LogP contribution in [-0.4, -0.2) is 5.91 Å². The molecule has 1 amide bonds. The van der Waals surface area contributed by atoms with Gasteiger partial charge in [0.2, 0.25) is 5.91 Å². The Balaban J connectivity index is 1.87. The molecule has 2 rings (SSSR count). The van der Waals surface area contributed by atoms with Gasteiger partial charge in [-0.05, 0) is 30.9 Å². The molecule has 15 heavy (non-hydrogen) atoms. The van der Waals surface area contributed by atoms with Crippen LogP contribution >= 0.6 is 0 Å². The summed E-state index contributed by atoms with van der Waals surface area (Å²) in [6.07, 6.45) is 3.35. The highest BCUT2D eigenvalue weighted by molar-refractivity contribution is 5.79. The first-order valence-electron chi connectivity index (χ1n) is 5.59. The minimum atomic E-state index is 0.226. The first kappa shape index (κ1) is 10.2. The molecule has 1 aromatic carbocycles. The number of benzene rings is 1. The van der Waals surface area contributed by atoms with Gasteiger partial charge in [-0.3, -0.25) is 4.79 Å². The number of carbonyl (C=O) groups excluding carboxylic acids is 1. The first-order valence-corrected chi connectivity index (χ1v) is 5.59. The maximum atomic E-state index is 11.6. The van der Waals surface area contributed by atoms with Crippen molar-refractivity contribution < 1.29 is 4.79 Å². The smallest absolute Gasteiger partial charge is 0.223 e. The van der Waals surface area contributed by atoms with Crippen molar-refractivity contribution >= 4 is 5.91 Å². The van der Waals surface area contributed by atoms with Crippen molar-refractivity contribution in [3.05, 3.63) is 35.4 Å². The molecule has 1 aliphatic carbocycles. The van der Waals surface area contributed by atoms with Gasteiger partial charge in [-0.1, -0.05) is 30.7 Å². The van der Waals surface area contributed by atoms with E-state index in [0.29, 0.717) is 6.54 Å². The average Bonchev–Trinajstić information content (AvgIpc) is 2.14. The Morgan fingerprint density at radius 3 is 2.73 bits per heavy atom. The number of hydrogen-bond donors (Lipinski definition) is 1. The van der Waals surface area contributed by atoms with Crippen molar-refractivity contribution in [2.75, 3.05) is 0 Å². The van der Waals surface area contributed by atoms with Crippen LogP contribution in [0.2, 0.25) is 0 Å². The van der Waals surface area contributed by atoms with Crippen LogP contribution in [0.4, 0.5) is 0 Å². The minimum absolute atomic E-state index is 0.226. The lowest BCUT2D eigenvalue weighted by molar-refractivity contribution is -0.127. The maximum Gasteiger partial charge on any atom is 0.223 e. The number of rotatable bonds is 3. The molecule has 80 valence electrons. The van der Waals surface area contributed by atoms with Gasteiger partial charge in [0, 0.05) is 12.5 Å². The van der Waals surface area contributed by atoms with E-state index in [-0.39, 0.29) is 11.8 Å². The molecule has 2 heteroatoms. The van der Waals surface area contributed by atoms with E-state index >= 15 is 0 Å². The summed E-state index contributed by atoms with van der Waals surface area (Å²) in [4.78, 5) is 11.6. The molecule has 1 N–H and O–H groups in total. The van der Waals surface area contributed by atoms with Crippen LogP contribution in [0.3, 0.4) is 0 Å². The number of nitrogens with one attached hydrogen (secondary N) is 1. The summed E-state index contributed by atoms with van der Waals surface area (Å²) in [5.41, 5.74) is 2.46. The molecule has 0 saturated heterocycles. The summed E-state index contributed by atoms with van der Waals surface area (Å²) in [7, 11) is 0. The van der Waals surface area contributed by atoms with E-state index in [2.05, 4.69) is 24.4 Å². The Kier molecular flexibility index (Phi) is 3.05. The lowest BCUT2D eigenvalue weighted by Gasteiger charge is -2.24. The zero-order valence-corrected chi connectivity index (χ0v) is 9.12. The summed E-state index contributed by atoms with van der Waals surface area (Å²) in [5, 5.41) is 3.00. The molecule has 0 aromatic heterocycles. The lowest BCUT2D eigenvalue weighted by atomic mass is 9.85. The van der Waals surface area contributed by atoms with Crippen LogP contribution in [-0.2, 0) is 11.3 Å². The van der Waals surface area contributed by atoms with E-state index in [9.17, 15) is 4.79 Å². The molecular formula is C13H17NO. The van der Waals surface area contributed by atoms with Gasteiger partial charge in [0.05, 0.1) is 0 Å². The van der Waals surface area contributed by atoms with Crippen LogP contribution in [0, 0.1) is 12.8 Å². The summed E-state index contributed by atoms with van der Waals surface area (Å²) in [6, 6.07) is 8.17. The van der Waals surface area contributed by atoms with Crippen molar-refractivity contribution in [1.29, 1.82) is 0 Å². The Labute approximate surface area is 90.7 Å². The number of aryl methyl sites for hydroxylation is 1. The van der Waals surface area contributed by atoms with E-state index in [4.69, 9.17) is 0 Å². The number of hydrogen-bond acceptors (Lipinski definition) is 1. The molecule has 1 fully saturated rings. The molecule has 2 nitrogen and oxygen atoms in total. The molecule has 1 saturated carbocycles. The lowest BCUT2D eigenvalue weighted by Crippen LogP contribution is -2.34. The van der Waals surface area contributed by atoms with Crippen molar-refractivity contribution in [2.45, 2.75) is 32.7 Å². The molecule has 0 bridgehead atoms. The van der Waals surface area contributed by atoms with E-state index in [1.807, 2.05) is 12.1 Å². The fourth-order valence-corrected chi connectivity index (χ4v) is 1.81. The van der Waals surface area contributed by atoms with Crippen molar-refractivity contribution in [3.63, 3.8) is 0 Å². The van der Waals surface area contributed by atoms with Crippen LogP contribution in [0.1, 0.15) is 30.4 Å². The molecule has 0 atom stereocenters. The van der Waals surface area contributed by atoms with Crippen molar-refractivity contribution in [1.82, 2.24) is 5.32 Å². The Hall–Kier alpha value is -1.31. The second-order valence-electron chi connectivity index (χ2n) is 4.27. The normalized spacial score (nSPS) is 15.8. The van der Waals surface area contributed by atoms with Gasteiger partial charge < -0.3 is 5.32 Å². The van der Waals surface area contributed by atoms with Gasteiger partial charge in [0.1, 0.15) is 0 Å². The van der Waals surface area contributed by atoms with Gasteiger partial charge in [-0.15, -0.1) is 0 Å². The van der Waals surface area contributed by atoms with Gasteiger partial charge in [0.25, 0.3) is 0 Å². The molecular weight excluding hydrogens is 186 g/mol. The SMILES string of the molecule is Cc1ccccc1CNC(=O)C1CCC1. The third-order valence-corrected chi connectivity index (χ3v) is 3.19. The minimum Gasteiger partial charge on any atom is -0.352 e. The summed E-state index contributed by atoms with van der Waals surface area (Å²) >= 11 is 0. The summed E-state index contributed by atoms with van der Waals surface area (Å²) in [6.45, 7) is 2.74. The standard InChI is InChI=1S/C13H17NO/c1-10-5-2-3-6-12(10)9-14-13(15)11-7-4-8-11/h2-3,5-6,11H,4,7-9H2,1H3,(H,14,15). The van der Waals surface area contributed by atoms with Gasteiger partial charge in [-0.25, -0.2) is 0 Å². The third-order valence-electron chi connectivity index (χ3n) is 3.19. The van der Waals surface area contributed by atoms with E-state index in [0.717, 1.165) is 12.8 Å². The quantitative estimate of drug-likeness (QED) is 0.803. The van der Waals surface area contributed by atoms with Gasteiger partial charge >= 0.3 is 0 Å². The second kappa shape index (κ2) is 4.47. The highest BCUT2D eigenvalue weighted by atomic mass is 16.1. The molecule has 0 heterocycles. The van der Waals surface area contributed by atoms with Crippen LogP contribution in [0.5, 0.6) is 0 Å². The highest BCUT2D eigenvalue weighted by Gasteiger charge is 2.24. The molecule has 1 aliphatic rings.